The first-order valence-corrected chi connectivity index (χ1v) is 8.90. The first kappa shape index (κ1) is 16.7. The molecule has 0 aromatic carbocycles. The molecule has 3 aromatic heterocycles. The molecule has 0 spiro atoms. The Kier molecular flexibility index (Phi) is 4.66. The third-order valence-electron chi connectivity index (χ3n) is 4.81. The third-order valence-corrected chi connectivity index (χ3v) is 4.81. The van der Waals surface area contributed by atoms with Crippen LogP contribution < -0.4 is 9.64 Å². The summed E-state index contributed by atoms with van der Waals surface area (Å²) < 4.78 is 7.17. The average molecular weight is 353 g/mol. The lowest BCUT2D eigenvalue weighted by Crippen LogP contribution is -2.46. The maximum absolute atomic E-state index is 5.12. The molecule has 0 amide bonds. The van der Waals surface area contributed by atoms with Crippen LogP contribution in [0.1, 0.15) is 12.5 Å². The number of hydrogen-bond donors (Lipinski definition) is 0. The third kappa shape index (κ3) is 3.20. The molecule has 0 N–H and O–H groups in total. The number of rotatable bonds is 5. The molecule has 0 radical (unpaired) electrons. The Balaban J connectivity index is 1.42. The van der Waals surface area contributed by atoms with E-state index in [0.29, 0.717) is 5.88 Å². The predicted molar refractivity (Wildman–Crippen MR) is 99.3 cm³/mol. The fourth-order valence-electron chi connectivity index (χ4n) is 3.33. The molecule has 8 nitrogen and oxygen atoms in total. The number of anilines is 1. The van der Waals surface area contributed by atoms with Gasteiger partial charge in [0.25, 0.3) is 0 Å². The molecule has 4 rings (SSSR count). The van der Waals surface area contributed by atoms with Gasteiger partial charge < -0.3 is 14.2 Å². The highest BCUT2D eigenvalue weighted by Gasteiger charge is 2.21. The van der Waals surface area contributed by atoms with Crippen molar-refractivity contribution in [1.82, 2.24) is 29.4 Å². The van der Waals surface area contributed by atoms with Crippen LogP contribution >= 0.6 is 0 Å². The second kappa shape index (κ2) is 7.25. The van der Waals surface area contributed by atoms with E-state index in [0.717, 1.165) is 56.3 Å². The lowest BCUT2D eigenvalue weighted by molar-refractivity contribution is 0.249. The van der Waals surface area contributed by atoms with Gasteiger partial charge in [0.2, 0.25) is 5.88 Å². The van der Waals surface area contributed by atoms with Gasteiger partial charge in [-0.3, -0.25) is 4.90 Å². The first-order valence-electron chi connectivity index (χ1n) is 8.90. The van der Waals surface area contributed by atoms with E-state index in [2.05, 4.69) is 42.7 Å². The lowest BCUT2D eigenvalue weighted by Gasteiger charge is -2.35. The number of nitrogens with zero attached hydrogens (tertiary/aromatic N) is 7. The fraction of sp³-hybridized carbons (Fsp3) is 0.444. The highest BCUT2D eigenvalue weighted by molar-refractivity contribution is 5.83. The minimum Gasteiger partial charge on any atom is -0.481 e. The van der Waals surface area contributed by atoms with Crippen molar-refractivity contribution in [2.45, 2.75) is 20.0 Å². The minimum absolute atomic E-state index is 0.651. The van der Waals surface area contributed by atoms with Crippen molar-refractivity contribution in [3.63, 3.8) is 0 Å². The van der Waals surface area contributed by atoms with Crippen molar-refractivity contribution in [1.29, 1.82) is 0 Å². The summed E-state index contributed by atoms with van der Waals surface area (Å²) in [6.07, 6.45) is 5.37. The molecule has 26 heavy (non-hydrogen) atoms. The Morgan fingerprint density at radius 3 is 2.58 bits per heavy atom. The molecular weight excluding hydrogens is 330 g/mol. The zero-order chi connectivity index (χ0) is 17.9. The summed E-state index contributed by atoms with van der Waals surface area (Å²) in [4.78, 5) is 22.4. The highest BCUT2D eigenvalue weighted by Crippen LogP contribution is 2.23. The van der Waals surface area contributed by atoms with Gasteiger partial charge in [-0.2, -0.15) is 0 Å². The van der Waals surface area contributed by atoms with E-state index in [9.17, 15) is 0 Å². The van der Waals surface area contributed by atoms with E-state index in [1.54, 1.807) is 13.4 Å². The van der Waals surface area contributed by atoms with Gasteiger partial charge in [0, 0.05) is 51.5 Å². The Bertz CT molecular complexity index is 869. The molecule has 136 valence electrons. The van der Waals surface area contributed by atoms with Gasteiger partial charge in [-0.05, 0) is 12.5 Å². The number of methoxy groups -OCH3 is 1. The second-order valence-electron chi connectivity index (χ2n) is 6.37. The Morgan fingerprint density at radius 2 is 1.88 bits per heavy atom. The number of pyridine rings is 1. The van der Waals surface area contributed by atoms with Gasteiger partial charge in [0.1, 0.15) is 6.33 Å². The molecule has 0 atom stereocenters. The van der Waals surface area contributed by atoms with Crippen molar-refractivity contribution in [2.24, 2.45) is 0 Å². The number of aromatic nitrogens is 5. The summed E-state index contributed by atoms with van der Waals surface area (Å²) in [5.41, 5.74) is 3.00. The molecule has 0 aliphatic carbocycles. The van der Waals surface area contributed by atoms with Gasteiger partial charge >= 0.3 is 0 Å². The van der Waals surface area contributed by atoms with Crippen LogP contribution in [0.5, 0.6) is 5.88 Å². The van der Waals surface area contributed by atoms with Crippen LogP contribution in [0.2, 0.25) is 0 Å². The topological polar surface area (TPSA) is 72.2 Å². The fourth-order valence-corrected chi connectivity index (χ4v) is 3.33. The summed E-state index contributed by atoms with van der Waals surface area (Å²) in [6.45, 7) is 7.65. The van der Waals surface area contributed by atoms with Gasteiger partial charge in [0.15, 0.2) is 17.0 Å². The summed E-state index contributed by atoms with van der Waals surface area (Å²) in [7, 11) is 1.63. The average Bonchev–Trinajstić information content (AvgIpc) is 3.12. The molecule has 0 bridgehead atoms. The Morgan fingerprint density at radius 1 is 1.04 bits per heavy atom. The van der Waals surface area contributed by atoms with E-state index >= 15 is 0 Å². The molecule has 1 saturated heterocycles. The smallest absolute Gasteiger partial charge is 0.212 e. The van der Waals surface area contributed by atoms with Crippen molar-refractivity contribution >= 4 is 17.0 Å². The quantitative estimate of drug-likeness (QED) is 0.689. The van der Waals surface area contributed by atoms with Crippen LogP contribution in [0, 0.1) is 0 Å². The number of aryl methyl sites for hydroxylation is 1. The molecule has 8 heteroatoms. The van der Waals surface area contributed by atoms with E-state index < -0.39 is 0 Å². The van der Waals surface area contributed by atoms with Crippen LogP contribution in [0.25, 0.3) is 11.2 Å². The number of piperazine rings is 1. The highest BCUT2D eigenvalue weighted by atomic mass is 16.5. The molecule has 0 unspecified atom stereocenters. The summed E-state index contributed by atoms with van der Waals surface area (Å²) in [5, 5.41) is 0. The molecule has 3 aromatic rings. The number of imidazole rings is 1. The van der Waals surface area contributed by atoms with Crippen LogP contribution in [0.15, 0.2) is 31.0 Å². The maximum atomic E-state index is 5.12. The maximum Gasteiger partial charge on any atom is 0.212 e. The summed E-state index contributed by atoms with van der Waals surface area (Å²) in [5.74, 6) is 1.59. The Labute approximate surface area is 152 Å². The molecule has 4 heterocycles. The van der Waals surface area contributed by atoms with E-state index in [1.807, 2.05) is 23.2 Å². The van der Waals surface area contributed by atoms with Crippen molar-refractivity contribution in [2.75, 3.05) is 38.2 Å². The minimum atomic E-state index is 0.651. The monoisotopic (exact) mass is 353 g/mol. The van der Waals surface area contributed by atoms with Crippen molar-refractivity contribution in [3.8, 4) is 5.88 Å². The SMILES string of the molecule is CCn1cnc2c(N3CCN(Cc4ccc(OC)nc4)CC3)ncnc21. The van der Waals surface area contributed by atoms with Crippen LogP contribution in [-0.2, 0) is 13.1 Å². The van der Waals surface area contributed by atoms with E-state index in [4.69, 9.17) is 4.74 Å². The van der Waals surface area contributed by atoms with Gasteiger partial charge in [-0.15, -0.1) is 0 Å². The lowest BCUT2D eigenvalue weighted by atomic mass is 10.2. The van der Waals surface area contributed by atoms with Crippen LogP contribution in [-0.4, -0.2) is 62.7 Å². The van der Waals surface area contributed by atoms with E-state index in [1.165, 1.54) is 5.56 Å². The zero-order valence-corrected chi connectivity index (χ0v) is 15.2. The van der Waals surface area contributed by atoms with Crippen LogP contribution in [0.4, 0.5) is 5.82 Å². The molecule has 1 aliphatic heterocycles. The van der Waals surface area contributed by atoms with E-state index in [-0.39, 0.29) is 0 Å². The zero-order valence-electron chi connectivity index (χ0n) is 15.2. The number of hydrogen-bond acceptors (Lipinski definition) is 7. The second-order valence-corrected chi connectivity index (χ2v) is 6.37. The van der Waals surface area contributed by atoms with Gasteiger partial charge in [-0.25, -0.2) is 19.9 Å². The molecule has 1 aliphatic rings. The normalized spacial score (nSPS) is 15.5. The van der Waals surface area contributed by atoms with Gasteiger partial charge in [0.05, 0.1) is 13.4 Å². The molecule has 1 fully saturated rings. The van der Waals surface area contributed by atoms with Crippen molar-refractivity contribution in [3.05, 3.63) is 36.5 Å². The number of ether oxygens (including phenoxy) is 1. The predicted octanol–water partition coefficient (Wildman–Crippen LogP) is 1.57. The summed E-state index contributed by atoms with van der Waals surface area (Å²) >= 11 is 0. The summed E-state index contributed by atoms with van der Waals surface area (Å²) in [6, 6.07) is 3.98. The number of fused-ring (bicyclic) bond motifs is 1. The van der Waals surface area contributed by atoms with Gasteiger partial charge in [-0.1, -0.05) is 6.07 Å². The molecular formula is C18H23N7O. The standard InChI is InChI=1S/C18H23N7O/c1-3-24-13-22-16-17(24)20-12-21-18(16)25-8-6-23(7-9-25)11-14-4-5-15(26-2)19-10-14/h4-5,10,12-13H,3,6-9,11H2,1-2H3. The van der Waals surface area contributed by atoms with Crippen molar-refractivity contribution < 1.29 is 4.74 Å². The Hall–Kier alpha value is -2.74. The first-order chi connectivity index (χ1) is 12.8. The molecule has 0 saturated carbocycles. The van der Waals surface area contributed by atoms with Crippen LogP contribution in [0.3, 0.4) is 0 Å². The largest absolute Gasteiger partial charge is 0.481 e.